The molecule has 0 amide bonds. The molecule has 0 radical (unpaired) electrons. The van der Waals surface area contributed by atoms with Gasteiger partial charge in [-0.3, -0.25) is 0 Å². The molecule has 3 aliphatic carbocycles. The summed E-state index contributed by atoms with van der Waals surface area (Å²) in [5, 5.41) is 37.0. The summed E-state index contributed by atoms with van der Waals surface area (Å²) in [5.74, 6) is 0.714. The first-order valence-corrected chi connectivity index (χ1v) is 21.2. The molecule has 47 heavy (non-hydrogen) atoms. The lowest BCUT2D eigenvalue weighted by Gasteiger charge is -2.58. The van der Waals surface area contributed by atoms with E-state index in [9.17, 15) is 15.3 Å². The molecule has 1 aromatic heterocycles. The molecular weight excluding hydrogens is 619 g/mol. The molecule has 3 fully saturated rings. The molecule has 8 atom stereocenters. The molecule has 256 valence electrons. The van der Waals surface area contributed by atoms with E-state index in [1.165, 1.54) is 11.1 Å². The van der Waals surface area contributed by atoms with Gasteiger partial charge in [0.05, 0.1) is 0 Å². The molecule has 3 saturated carbocycles. The normalized spacial score (nSPS) is 34.7. The van der Waals surface area contributed by atoms with Crippen LogP contribution >= 0.6 is 11.3 Å². The highest BCUT2D eigenvalue weighted by atomic mass is 32.1. The van der Waals surface area contributed by atoms with Gasteiger partial charge in [-0.2, -0.15) is 0 Å². The molecule has 7 heteroatoms. The van der Waals surface area contributed by atoms with E-state index in [1.54, 1.807) is 17.5 Å². The number of aliphatic hydroxyl groups is 3. The number of nitrogens with zero attached hydrogens (tertiary/aromatic N) is 1. The van der Waals surface area contributed by atoms with Gasteiger partial charge in [-0.25, -0.2) is 4.98 Å². The summed E-state index contributed by atoms with van der Waals surface area (Å²) in [7, 11) is -2.44. The molecular formula is C40H57NO4SSi. The van der Waals surface area contributed by atoms with Gasteiger partial charge >= 0.3 is 0 Å². The van der Waals surface area contributed by atoms with Gasteiger partial charge in [0.15, 0.2) is 0 Å². The molecule has 5 nitrogen and oxygen atoms in total. The Balaban J connectivity index is 1.26. The van der Waals surface area contributed by atoms with E-state index in [4.69, 9.17) is 4.43 Å². The van der Waals surface area contributed by atoms with Gasteiger partial charge < -0.3 is 19.7 Å². The lowest BCUT2D eigenvalue weighted by atomic mass is 9.48. The van der Waals surface area contributed by atoms with Gasteiger partial charge in [0.25, 0.3) is 0 Å². The number of benzene rings is 2. The van der Waals surface area contributed by atoms with Crippen LogP contribution in [0.2, 0.25) is 5.04 Å². The quantitative estimate of drug-likeness (QED) is 0.189. The molecule has 0 unspecified atom stereocenters. The summed E-state index contributed by atoms with van der Waals surface area (Å²) >= 11 is 1.55. The van der Waals surface area contributed by atoms with E-state index in [1.807, 2.05) is 5.38 Å². The van der Waals surface area contributed by atoms with Gasteiger partial charge in [-0.15, -0.1) is 11.3 Å². The van der Waals surface area contributed by atoms with Gasteiger partial charge in [-0.05, 0) is 102 Å². The average molecular weight is 676 g/mol. The number of thiazole rings is 1. The second kappa shape index (κ2) is 13.4. The molecule has 3 N–H and O–H groups in total. The van der Waals surface area contributed by atoms with Crippen LogP contribution in [0, 0.1) is 34.5 Å². The van der Waals surface area contributed by atoms with Gasteiger partial charge in [0, 0.05) is 36.3 Å². The fraction of sp³-hybridized carbons (Fsp3) is 0.625. The van der Waals surface area contributed by atoms with Crippen LogP contribution < -0.4 is 0 Å². The van der Waals surface area contributed by atoms with Crippen molar-refractivity contribution in [2.75, 3.05) is 13.2 Å². The predicted molar refractivity (Wildman–Crippen MR) is 193 cm³/mol. The Bertz CT molecular complexity index is 1410. The van der Waals surface area contributed by atoms with E-state index in [2.05, 4.69) is 100 Å². The van der Waals surface area contributed by atoms with Gasteiger partial charge in [-0.1, -0.05) is 95.3 Å². The van der Waals surface area contributed by atoms with Crippen molar-refractivity contribution in [1.82, 2.24) is 4.98 Å². The Morgan fingerprint density at radius 1 is 0.851 bits per heavy atom. The van der Waals surface area contributed by atoms with E-state index in [-0.39, 0.29) is 52.9 Å². The Kier molecular flexibility index (Phi) is 10.0. The van der Waals surface area contributed by atoms with Gasteiger partial charge in [0.2, 0.25) is 8.32 Å². The van der Waals surface area contributed by atoms with E-state index >= 15 is 0 Å². The minimum Gasteiger partial charge on any atom is -0.413 e. The number of aliphatic hydroxyl groups excluding tert-OH is 2. The SMILES string of the molecule is CC(C)(C)[Si](Cc1ccccc1)(Cc1ccccc1)O[C@H]1CC[C@](C)([C@H]2CC[C@@]3(C)[C@@H](CC[C@@]3(O)c3nccs3)[C@@H]2CO)[C@@H](CO)C1. The number of fused-ring (bicyclic) bond motifs is 1. The highest BCUT2D eigenvalue weighted by molar-refractivity contribution is 7.09. The molecule has 6 rings (SSSR count). The van der Waals surface area contributed by atoms with Crippen LogP contribution in [0.5, 0.6) is 0 Å². The lowest BCUT2D eigenvalue weighted by Crippen LogP contribution is -2.57. The zero-order chi connectivity index (χ0) is 33.5. The molecule has 3 aliphatic rings. The summed E-state index contributed by atoms with van der Waals surface area (Å²) in [6, 6.07) is 23.7. The van der Waals surface area contributed by atoms with E-state index < -0.39 is 13.9 Å². The van der Waals surface area contributed by atoms with Crippen molar-refractivity contribution >= 4 is 19.7 Å². The molecule has 0 spiro atoms. The molecule has 1 heterocycles. The Morgan fingerprint density at radius 2 is 1.47 bits per heavy atom. The van der Waals surface area contributed by atoms with Crippen LogP contribution in [0.4, 0.5) is 0 Å². The second-order valence-electron chi connectivity index (χ2n) is 16.7. The van der Waals surface area contributed by atoms with Crippen molar-refractivity contribution in [2.24, 2.45) is 34.5 Å². The number of aromatic nitrogens is 1. The fourth-order valence-electron chi connectivity index (χ4n) is 10.4. The smallest absolute Gasteiger partial charge is 0.207 e. The summed E-state index contributed by atoms with van der Waals surface area (Å²) in [6.45, 7) is 12.0. The minimum atomic E-state index is -2.44. The third-order valence-electron chi connectivity index (χ3n) is 13.6. The summed E-state index contributed by atoms with van der Waals surface area (Å²) < 4.78 is 7.61. The zero-order valence-corrected chi connectivity index (χ0v) is 31.0. The standard InChI is InChI=1S/C40H57NO4SSi/c1-37(2,3)47(27-29-12-8-6-9-13-29,28-30-14-10-7-11-15-30)45-32-16-19-38(4,31(24-32)25-42)34-17-20-39(5)35(33(34)26-43)18-21-40(39,44)36-41-22-23-46-36/h6-15,22-23,31-35,42-44H,16-21,24-28H2,1-5H3/t31-,32+,33-,34+,35+,38+,39+,40-/m1/s1. The molecule has 0 saturated heterocycles. The molecule has 0 aliphatic heterocycles. The number of hydrogen-bond acceptors (Lipinski definition) is 6. The maximum absolute atomic E-state index is 12.1. The molecule has 3 aromatic rings. The monoisotopic (exact) mass is 675 g/mol. The van der Waals surface area contributed by atoms with Crippen molar-refractivity contribution in [1.29, 1.82) is 0 Å². The third-order valence-corrected chi connectivity index (χ3v) is 20.0. The Morgan fingerprint density at radius 3 is 2.00 bits per heavy atom. The van der Waals surface area contributed by atoms with E-state index in [0.29, 0.717) is 12.3 Å². The predicted octanol–water partition coefficient (Wildman–Crippen LogP) is 8.26. The van der Waals surface area contributed by atoms with E-state index in [0.717, 1.165) is 55.6 Å². The largest absolute Gasteiger partial charge is 0.413 e. The van der Waals surface area contributed by atoms with Crippen molar-refractivity contribution in [3.63, 3.8) is 0 Å². The lowest BCUT2D eigenvalue weighted by molar-refractivity contribution is -0.153. The highest BCUT2D eigenvalue weighted by Crippen LogP contribution is 2.67. The first-order valence-electron chi connectivity index (χ1n) is 18.0. The van der Waals surface area contributed by atoms with Crippen LogP contribution in [0.15, 0.2) is 72.2 Å². The first-order chi connectivity index (χ1) is 22.4. The Labute approximate surface area is 288 Å². The maximum atomic E-state index is 12.1. The van der Waals surface area contributed by atoms with Crippen molar-refractivity contribution in [2.45, 2.75) is 108 Å². The Hall–Kier alpha value is -1.87. The fourth-order valence-corrected chi connectivity index (χ4v) is 15.7. The number of hydrogen-bond donors (Lipinski definition) is 3. The third kappa shape index (κ3) is 6.23. The molecule has 2 aromatic carbocycles. The van der Waals surface area contributed by atoms with Crippen LogP contribution in [-0.2, 0) is 22.1 Å². The van der Waals surface area contributed by atoms with Crippen molar-refractivity contribution < 1.29 is 19.7 Å². The number of rotatable bonds is 10. The summed E-state index contributed by atoms with van der Waals surface area (Å²) in [6.07, 6.45) is 8.17. The van der Waals surface area contributed by atoms with Gasteiger partial charge in [0.1, 0.15) is 10.6 Å². The van der Waals surface area contributed by atoms with Crippen molar-refractivity contribution in [3.05, 3.63) is 88.4 Å². The minimum absolute atomic E-state index is 0.000636. The molecule has 0 bridgehead atoms. The first kappa shape index (κ1) is 35.0. The summed E-state index contributed by atoms with van der Waals surface area (Å²) in [4.78, 5) is 4.57. The zero-order valence-electron chi connectivity index (χ0n) is 29.2. The van der Waals surface area contributed by atoms with Crippen LogP contribution in [0.25, 0.3) is 0 Å². The summed E-state index contributed by atoms with van der Waals surface area (Å²) in [5.41, 5.74) is 1.33. The average Bonchev–Trinajstić information content (AvgIpc) is 3.69. The van der Waals surface area contributed by atoms with Crippen LogP contribution in [0.1, 0.15) is 95.7 Å². The van der Waals surface area contributed by atoms with Crippen LogP contribution in [0.3, 0.4) is 0 Å². The van der Waals surface area contributed by atoms with Crippen LogP contribution in [-0.4, -0.2) is 47.9 Å². The van der Waals surface area contributed by atoms with Crippen molar-refractivity contribution in [3.8, 4) is 0 Å². The topological polar surface area (TPSA) is 82.8 Å². The highest BCUT2D eigenvalue weighted by Gasteiger charge is 2.65. The second-order valence-corrected chi connectivity index (χ2v) is 22.0. The maximum Gasteiger partial charge on any atom is 0.207 e.